The zero-order chi connectivity index (χ0) is 19.1. The molecule has 1 saturated carbocycles. The summed E-state index contributed by atoms with van der Waals surface area (Å²) in [7, 11) is 0. The monoisotopic (exact) mass is 439 g/mol. The second-order valence-corrected chi connectivity index (χ2v) is 8.63. The third-order valence-electron chi connectivity index (χ3n) is 5.99. The van der Waals surface area contributed by atoms with Gasteiger partial charge in [-0.15, -0.1) is 0 Å². The molecule has 1 aliphatic heterocycles. The summed E-state index contributed by atoms with van der Waals surface area (Å²) in [6.07, 6.45) is 7.94. The lowest BCUT2D eigenvalue weighted by molar-refractivity contribution is 0.0406. The summed E-state index contributed by atoms with van der Waals surface area (Å²) < 4.78 is 13.0. The number of hydrogen-bond acceptors (Lipinski definition) is 4. The van der Waals surface area contributed by atoms with Gasteiger partial charge in [0.25, 0.3) is 0 Å². The SMILES string of the molecule is O=c1c(-c2ccc(Br)cc2)coc2c3c(ccc12)OCN(C1CCCCC1)C3. The van der Waals surface area contributed by atoms with Crippen molar-refractivity contribution in [3.8, 4) is 16.9 Å². The molecule has 144 valence electrons. The van der Waals surface area contributed by atoms with Crippen LogP contribution in [0.3, 0.4) is 0 Å². The quantitative estimate of drug-likeness (QED) is 0.512. The van der Waals surface area contributed by atoms with Crippen molar-refractivity contribution >= 4 is 26.9 Å². The minimum Gasteiger partial charge on any atom is -0.478 e. The Hall–Kier alpha value is -2.11. The largest absolute Gasteiger partial charge is 0.478 e. The molecule has 0 bridgehead atoms. The predicted octanol–water partition coefficient (Wildman–Crippen LogP) is 5.71. The average molecular weight is 440 g/mol. The first-order valence-electron chi connectivity index (χ1n) is 9.91. The molecule has 0 amide bonds. The van der Waals surface area contributed by atoms with E-state index >= 15 is 0 Å². The Kier molecular flexibility index (Phi) is 4.73. The molecule has 0 N–H and O–H groups in total. The van der Waals surface area contributed by atoms with Gasteiger partial charge in [-0.1, -0.05) is 47.3 Å². The number of nitrogens with zero attached hydrogens (tertiary/aromatic N) is 1. The topological polar surface area (TPSA) is 42.7 Å². The molecule has 1 fully saturated rings. The number of benzene rings is 2. The first-order valence-corrected chi connectivity index (χ1v) is 10.7. The highest BCUT2D eigenvalue weighted by atomic mass is 79.9. The maximum atomic E-state index is 13.2. The van der Waals surface area contributed by atoms with Crippen LogP contribution in [0.15, 0.2) is 56.3 Å². The van der Waals surface area contributed by atoms with E-state index in [4.69, 9.17) is 9.15 Å². The van der Waals surface area contributed by atoms with Gasteiger partial charge in [-0.3, -0.25) is 9.69 Å². The zero-order valence-corrected chi connectivity index (χ0v) is 17.2. The molecule has 5 heteroatoms. The molecule has 4 nitrogen and oxygen atoms in total. The molecule has 0 radical (unpaired) electrons. The van der Waals surface area contributed by atoms with Gasteiger partial charge < -0.3 is 9.15 Å². The van der Waals surface area contributed by atoms with Crippen LogP contribution in [0, 0.1) is 0 Å². The van der Waals surface area contributed by atoms with Gasteiger partial charge in [-0.2, -0.15) is 0 Å². The second kappa shape index (κ2) is 7.37. The first kappa shape index (κ1) is 18.0. The van der Waals surface area contributed by atoms with Gasteiger partial charge in [0.2, 0.25) is 5.43 Å². The molecule has 3 aromatic rings. The average Bonchev–Trinajstić information content (AvgIpc) is 2.75. The van der Waals surface area contributed by atoms with Crippen LogP contribution in [0.25, 0.3) is 22.1 Å². The summed E-state index contributed by atoms with van der Waals surface area (Å²) in [6.45, 7) is 1.39. The highest BCUT2D eigenvalue weighted by molar-refractivity contribution is 9.10. The van der Waals surface area contributed by atoms with Gasteiger partial charge in [0, 0.05) is 17.1 Å². The van der Waals surface area contributed by atoms with E-state index in [9.17, 15) is 4.79 Å². The normalized spacial score (nSPS) is 18.0. The minimum absolute atomic E-state index is 0.00108. The highest BCUT2D eigenvalue weighted by Gasteiger charge is 2.28. The van der Waals surface area contributed by atoms with Crippen LogP contribution >= 0.6 is 15.9 Å². The Labute approximate surface area is 172 Å². The smallest absolute Gasteiger partial charge is 0.200 e. The van der Waals surface area contributed by atoms with Gasteiger partial charge in [0.05, 0.1) is 16.5 Å². The highest BCUT2D eigenvalue weighted by Crippen LogP contribution is 2.35. The predicted molar refractivity (Wildman–Crippen MR) is 114 cm³/mol. The van der Waals surface area contributed by atoms with Crippen molar-refractivity contribution in [2.75, 3.05) is 6.73 Å². The third kappa shape index (κ3) is 3.16. The number of halogens is 1. The molecular formula is C23H22BrNO3. The Bertz CT molecular complexity index is 1070. The molecule has 2 heterocycles. The lowest BCUT2D eigenvalue weighted by Gasteiger charge is -2.37. The van der Waals surface area contributed by atoms with Crippen molar-refractivity contribution in [2.45, 2.75) is 44.7 Å². The van der Waals surface area contributed by atoms with Crippen molar-refractivity contribution in [1.82, 2.24) is 4.90 Å². The molecule has 1 aliphatic carbocycles. The molecule has 0 atom stereocenters. The van der Waals surface area contributed by atoms with E-state index in [0.29, 0.717) is 29.3 Å². The number of ether oxygens (including phenoxy) is 1. The van der Waals surface area contributed by atoms with Crippen molar-refractivity contribution in [1.29, 1.82) is 0 Å². The van der Waals surface area contributed by atoms with Crippen molar-refractivity contribution in [2.24, 2.45) is 0 Å². The third-order valence-corrected chi connectivity index (χ3v) is 6.52. The lowest BCUT2D eigenvalue weighted by atomic mass is 9.93. The summed E-state index contributed by atoms with van der Waals surface area (Å²) in [5.41, 5.74) is 3.09. The number of hydrogen-bond donors (Lipinski definition) is 0. The van der Waals surface area contributed by atoms with E-state index < -0.39 is 0 Å². The van der Waals surface area contributed by atoms with E-state index in [1.165, 1.54) is 32.1 Å². The van der Waals surface area contributed by atoms with Crippen LogP contribution in [0.1, 0.15) is 37.7 Å². The fourth-order valence-corrected chi connectivity index (χ4v) is 4.70. The Morgan fingerprint density at radius 3 is 2.57 bits per heavy atom. The van der Waals surface area contributed by atoms with Crippen LogP contribution in [0.5, 0.6) is 5.75 Å². The summed E-state index contributed by atoms with van der Waals surface area (Å²) >= 11 is 3.44. The standard InChI is InChI=1S/C23H22BrNO3/c24-16-8-6-15(7-9-16)20-13-27-23-18(22(20)26)10-11-21-19(23)12-25(14-28-21)17-4-2-1-3-5-17/h6-11,13,17H,1-5,12,14H2. The molecule has 0 spiro atoms. The van der Waals surface area contributed by atoms with E-state index in [2.05, 4.69) is 20.8 Å². The van der Waals surface area contributed by atoms with Crippen molar-refractivity contribution in [3.63, 3.8) is 0 Å². The van der Waals surface area contributed by atoms with Crippen molar-refractivity contribution in [3.05, 3.63) is 62.9 Å². The molecule has 0 unspecified atom stereocenters. The molecule has 0 saturated heterocycles. The molecule has 28 heavy (non-hydrogen) atoms. The summed E-state index contributed by atoms with van der Waals surface area (Å²) in [4.78, 5) is 15.5. The first-order chi connectivity index (χ1) is 13.7. The van der Waals surface area contributed by atoms with Gasteiger partial charge in [-0.05, 0) is 42.7 Å². The van der Waals surface area contributed by atoms with Crippen LogP contribution in [0.2, 0.25) is 0 Å². The Morgan fingerprint density at radius 1 is 1.00 bits per heavy atom. The van der Waals surface area contributed by atoms with Crippen molar-refractivity contribution < 1.29 is 9.15 Å². The van der Waals surface area contributed by atoms with Crippen LogP contribution in [0.4, 0.5) is 0 Å². The Balaban J connectivity index is 1.55. The van der Waals surface area contributed by atoms with E-state index in [-0.39, 0.29) is 5.43 Å². The fourth-order valence-electron chi connectivity index (χ4n) is 4.44. The summed E-state index contributed by atoms with van der Waals surface area (Å²) in [5, 5.41) is 0.619. The Morgan fingerprint density at radius 2 is 1.79 bits per heavy atom. The van der Waals surface area contributed by atoms with Gasteiger partial charge >= 0.3 is 0 Å². The maximum Gasteiger partial charge on any atom is 0.200 e. The molecule has 2 aliphatic rings. The minimum atomic E-state index is 0.00108. The fraction of sp³-hybridized carbons (Fsp3) is 0.348. The van der Waals surface area contributed by atoms with E-state index in [1.54, 1.807) is 6.26 Å². The molecular weight excluding hydrogens is 418 g/mol. The van der Waals surface area contributed by atoms with Crippen LogP contribution in [-0.2, 0) is 6.54 Å². The summed E-state index contributed by atoms with van der Waals surface area (Å²) in [6, 6.07) is 12.0. The summed E-state index contributed by atoms with van der Waals surface area (Å²) in [5.74, 6) is 0.833. The van der Waals surface area contributed by atoms with Gasteiger partial charge in [0.1, 0.15) is 24.3 Å². The van der Waals surface area contributed by atoms with E-state index in [1.807, 2.05) is 36.4 Å². The molecule has 5 rings (SSSR count). The zero-order valence-electron chi connectivity index (χ0n) is 15.6. The van der Waals surface area contributed by atoms with Crippen LogP contribution < -0.4 is 10.2 Å². The van der Waals surface area contributed by atoms with Gasteiger partial charge in [-0.25, -0.2) is 0 Å². The van der Waals surface area contributed by atoms with Gasteiger partial charge in [0.15, 0.2) is 0 Å². The number of fused-ring (bicyclic) bond motifs is 3. The maximum absolute atomic E-state index is 13.2. The van der Waals surface area contributed by atoms with E-state index in [0.717, 1.165) is 27.9 Å². The second-order valence-electron chi connectivity index (χ2n) is 7.72. The molecule has 2 aromatic carbocycles. The number of rotatable bonds is 2. The molecule has 1 aromatic heterocycles. The lowest BCUT2D eigenvalue weighted by Crippen LogP contribution is -2.41. The van der Waals surface area contributed by atoms with Crippen LogP contribution in [-0.4, -0.2) is 17.7 Å².